The topological polar surface area (TPSA) is 66.5 Å². The molecule has 0 aromatic heterocycles. The lowest BCUT2D eigenvalue weighted by atomic mass is 10.0. The Kier molecular flexibility index (Phi) is 4.65. The number of benzene rings is 2. The van der Waals surface area contributed by atoms with Crippen LogP contribution in [0, 0.1) is 13.8 Å². The van der Waals surface area contributed by atoms with Crippen molar-refractivity contribution in [1.82, 2.24) is 4.90 Å². The number of carbonyl (C=O) groups excluding carboxylic acids is 3. The smallest absolute Gasteiger partial charge is 0.255 e. The van der Waals surface area contributed by atoms with E-state index in [1.807, 2.05) is 44.2 Å². The van der Waals surface area contributed by atoms with Crippen molar-refractivity contribution < 1.29 is 14.4 Å². The quantitative estimate of drug-likeness (QED) is 0.872. The van der Waals surface area contributed by atoms with Crippen molar-refractivity contribution in [3.05, 3.63) is 64.7 Å². The average molecular weight is 336 g/mol. The number of hydrogen-bond donors (Lipinski definition) is 1. The van der Waals surface area contributed by atoms with E-state index in [1.54, 1.807) is 12.1 Å². The van der Waals surface area contributed by atoms with Crippen LogP contribution >= 0.6 is 0 Å². The largest absolute Gasteiger partial charge is 0.322 e. The third kappa shape index (κ3) is 3.76. The van der Waals surface area contributed by atoms with E-state index in [9.17, 15) is 14.4 Å². The van der Waals surface area contributed by atoms with Crippen molar-refractivity contribution >= 4 is 23.4 Å². The van der Waals surface area contributed by atoms with Crippen LogP contribution in [0.5, 0.6) is 0 Å². The molecule has 5 nitrogen and oxygen atoms in total. The van der Waals surface area contributed by atoms with Gasteiger partial charge in [0.1, 0.15) is 0 Å². The molecular formula is C20H20N2O3. The molecule has 0 aliphatic carbocycles. The number of amides is 3. The molecule has 0 radical (unpaired) electrons. The average Bonchev–Trinajstić information content (AvgIpc) is 2.90. The molecule has 1 aliphatic rings. The molecule has 1 aliphatic heterocycles. The van der Waals surface area contributed by atoms with Crippen molar-refractivity contribution in [3.63, 3.8) is 0 Å². The summed E-state index contributed by atoms with van der Waals surface area (Å²) in [5.74, 6) is -0.409. The molecule has 25 heavy (non-hydrogen) atoms. The minimum atomic E-state index is -0.154. The Labute approximate surface area is 146 Å². The summed E-state index contributed by atoms with van der Waals surface area (Å²) in [6, 6.07) is 13.0. The number of imide groups is 1. The van der Waals surface area contributed by atoms with Gasteiger partial charge in [0.2, 0.25) is 11.8 Å². The van der Waals surface area contributed by atoms with E-state index in [4.69, 9.17) is 0 Å². The number of aryl methyl sites for hydroxylation is 2. The van der Waals surface area contributed by atoms with Gasteiger partial charge in [-0.05, 0) is 43.2 Å². The van der Waals surface area contributed by atoms with Gasteiger partial charge in [0.05, 0.1) is 6.54 Å². The van der Waals surface area contributed by atoms with E-state index in [2.05, 4.69) is 5.32 Å². The maximum atomic E-state index is 12.4. The van der Waals surface area contributed by atoms with Gasteiger partial charge < -0.3 is 5.32 Å². The highest BCUT2D eigenvalue weighted by Crippen LogP contribution is 2.18. The second-order valence-corrected chi connectivity index (χ2v) is 6.34. The molecule has 0 saturated carbocycles. The first kappa shape index (κ1) is 16.9. The number of carbonyl (C=O) groups is 3. The minimum Gasteiger partial charge on any atom is -0.322 e. The molecule has 3 rings (SSSR count). The lowest BCUT2D eigenvalue weighted by Gasteiger charge is -2.14. The maximum Gasteiger partial charge on any atom is 0.255 e. The van der Waals surface area contributed by atoms with E-state index in [-0.39, 0.29) is 24.3 Å². The van der Waals surface area contributed by atoms with E-state index in [1.165, 1.54) is 4.90 Å². The zero-order valence-corrected chi connectivity index (χ0v) is 14.3. The lowest BCUT2D eigenvalue weighted by molar-refractivity contribution is -0.139. The Hall–Kier alpha value is -2.95. The van der Waals surface area contributed by atoms with Gasteiger partial charge in [-0.1, -0.05) is 29.8 Å². The van der Waals surface area contributed by atoms with Crippen molar-refractivity contribution in [3.8, 4) is 0 Å². The molecule has 5 heteroatoms. The fourth-order valence-corrected chi connectivity index (χ4v) is 2.85. The van der Waals surface area contributed by atoms with Crippen LogP contribution in [0.25, 0.3) is 0 Å². The van der Waals surface area contributed by atoms with Crippen molar-refractivity contribution in [1.29, 1.82) is 0 Å². The number of nitrogens with zero attached hydrogens (tertiary/aromatic N) is 1. The van der Waals surface area contributed by atoms with Crippen LogP contribution in [-0.2, 0) is 16.1 Å². The number of nitrogens with one attached hydrogen (secondary N) is 1. The third-order valence-electron chi connectivity index (χ3n) is 4.35. The van der Waals surface area contributed by atoms with Gasteiger partial charge in [0, 0.05) is 24.1 Å². The normalized spacial score (nSPS) is 14.1. The van der Waals surface area contributed by atoms with E-state index in [0.717, 1.165) is 16.7 Å². The molecule has 3 amide bonds. The van der Waals surface area contributed by atoms with Gasteiger partial charge in [-0.2, -0.15) is 0 Å². The summed E-state index contributed by atoms with van der Waals surface area (Å²) < 4.78 is 0. The summed E-state index contributed by atoms with van der Waals surface area (Å²) in [5.41, 5.74) is 4.14. The zero-order valence-electron chi connectivity index (χ0n) is 14.3. The van der Waals surface area contributed by atoms with Crippen molar-refractivity contribution in [2.75, 3.05) is 5.32 Å². The number of rotatable bonds is 4. The molecule has 1 fully saturated rings. The van der Waals surface area contributed by atoms with E-state index < -0.39 is 0 Å². The van der Waals surface area contributed by atoms with Crippen molar-refractivity contribution in [2.45, 2.75) is 33.2 Å². The Morgan fingerprint density at radius 1 is 1.00 bits per heavy atom. The Morgan fingerprint density at radius 2 is 1.64 bits per heavy atom. The standard InChI is InChI=1S/C20H20N2O3/c1-13-3-4-14(2)17(11-13)20(25)21-16-7-5-15(6-8-16)12-22-18(23)9-10-19(22)24/h3-8,11H,9-10,12H2,1-2H3,(H,21,25). The summed E-state index contributed by atoms with van der Waals surface area (Å²) >= 11 is 0. The van der Waals surface area contributed by atoms with Crippen LogP contribution in [0.2, 0.25) is 0 Å². The van der Waals surface area contributed by atoms with Gasteiger partial charge >= 0.3 is 0 Å². The number of likely N-dealkylation sites (tertiary alicyclic amines) is 1. The first-order valence-corrected chi connectivity index (χ1v) is 8.25. The third-order valence-corrected chi connectivity index (χ3v) is 4.35. The number of anilines is 1. The van der Waals surface area contributed by atoms with Gasteiger partial charge in [0.15, 0.2) is 0 Å². The monoisotopic (exact) mass is 336 g/mol. The summed E-state index contributed by atoms with van der Waals surface area (Å²) in [5, 5.41) is 2.88. The molecule has 0 spiro atoms. The predicted octanol–water partition coefficient (Wildman–Crippen LogP) is 3.20. The molecule has 0 unspecified atom stereocenters. The molecule has 128 valence electrons. The van der Waals surface area contributed by atoms with Gasteiger partial charge in [-0.3, -0.25) is 19.3 Å². The van der Waals surface area contributed by atoms with Gasteiger partial charge in [-0.25, -0.2) is 0 Å². The highest BCUT2D eigenvalue weighted by molar-refractivity contribution is 6.05. The van der Waals surface area contributed by atoms with Crippen LogP contribution in [0.4, 0.5) is 5.69 Å². The van der Waals surface area contributed by atoms with Gasteiger partial charge in [0.25, 0.3) is 5.91 Å². The summed E-state index contributed by atoms with van der Waals surface area (Å²) in [4.78, 5) is 37.0. The molecule has 0 bridgehead atoms. The highest BCUT2D eigenvalue weighted by Gasteiger charge is 2.28. The Bertz CT molecular complexity index is 825. The molecule has 1 N–H and O–H groups in total. The molecule has 1 saturated heterocycles. The zero-order chi connectivity index (χ0) is 18.0. The molecule has 0 atom stereocenters. The maximum absolute atomic E-state index is 12.4. The van der Waals surface area contributed by atoms with Crippen LogP contribution in [-0.4, -0.2) is 22.6 Å². The van der Waals surface area contributed by atoms with Crippen LogP contribution < -0.4 is 5.32 Å². The first-order valence-electron chi connectivity index (χ1n) is 8.25. The fourth-order valence-electron chi connectivity index (χ4n) is 2.85. The second-order valence-electron chi connectivity index (χ2n) is 6.34. The first-order chi connectivity index (χ1) is 11.9. The molecular weight excluding hydrogens is 316 g/mol. The lowest BCUT2D eigenvalue weighted by Crippen LogP contribution is -2.28. The Balaban J connectivity index is 1.68. The molecule has 2 aromatic carbocycles. The van der Waals surface area contributed by atoms with Crippen molar-refractivity contribution in [2.24, 2.45) is 0 Å². The number of hydrogen-bond acceptors (Lipinski definition) is 3. The van der Waals surface area contributed by atoms with Crippen LogP contribution in [0.3, 0.4) is 0 Å². The summed E-state index contributed by atoms with van der Waals surface area (Å²) in [6.07, 6.45) is 0.589. The second kappa shape index (κ2) is 6.89. The van der Waals surface area contributed by atoms with Crippen LogP contribution in [0.15, 0.2) is 42.5 Å². The summed E-state index contributed by atoms with van der Waals surface area (Å²) in [7, 11) is 0. The highest BCUT2D eigenvalue weighted by atomic mass is 16.2. The predicted molar refractivity (Wildman–Crippen MR) is 95.1 cm³/mol. The fraction of sp³-hybridized carbons (Fsp3) is 0.250. The van der Waals surface area contributed by atoms with E-state index in [0.29, 0.717) is 24.1 Å². The summed E-state index contributed by atoms with van der Waals surface area (Å²) in [6.45, 7) is 4.14. The van der Waals surface area contributed by atoms with Gasteiger partial charge in [-0.15, -0.1) is 0 Å². The van der Waals surface area contributed by atoms with E-state index >= 15 is 0 Å². The SMILES string of the molecule is Cc1ccc(C)c(C(=O)Nc2ccc(CN3C(=O)CCC3=O)cc2)c1. The molecule has 2 aromatic rings. The minimum absolute atomic E-state index is 0.127. The Morgan fingerprint density at radius 3 is 2.28 bits per heavy atom. The molecule has 1 heterocycles. The van der Waals surface area contributed by atoms with Crippen LogP contribution in [0.1, 0.15) is 39.9 Å².